The van der Waals surface area contributed by atoms with Crippen molar-refractivity contribution >= 4 is 11.9 Å². The Labute approximate surface area is 438 Å². The fourth-order valence-corrected chi connectivity index (χ4v) is 10.2. The van der Waals surface area contributed by atoms with Crippen LogP contribution in [0.1, 0.15) is 361 Å². The summed E-state index contributed by atoms with van der Waals surface area (Å²) in [7, 11) is 0. The summed E-state index contributed by atoms with van der Waals surface area (Å²) in [6, 6.07) is -0.544. The molecule has 3 N–H and O–H groups in total. The Morgan fingerprint density at radius 1 is 0.386 bits per heavy atom. The monoisotopic (exact) mass is 988 g/mol. The summed E-state index contributed by atoms with van der Waals surface area (Å²) in [5.74, 6) is -0.0280. The number of rotatable bonds is 60. The van der Waals surface area contributed by atoms with Crippen LogP contribution in [0.2, 0.25) is 0 Å². The molecule has 0 aliphatic rings. The number of carbonyl (C=O) groups excluding carboxylic acids is 2. The first-order valence-corrected chi connectivity index (χ1v) is 31.9. The maximum absolute atomic E-state index is 12.5. The first-order chi connectivity index (χ1) is 34.5. The van der Waals surface area contributed by atoms with E-state index in [0.717, 1.165) is 44.9 Å². The van der Waals surface area contributed by atoms with Crippen molar-refractivity contribution in [1.82, 2.24) is 5.32 Å². The highest BCUT2D eigenvalue weighted by atomic mass is 16.5. The van der Waals surface area contributed by atoms with Gasteiger partial charge in [0.25, 0.3) is 0 Å². The minimum Gasteiger partial charge on any atom is -0.466 e. The molecule has 0 aromatic carbocycles. The zero-order valence-corrected chi connectivity index (χ0v) is 47.5. The van der Waals surface area contributed by atoms with Crippen molar-refractivity contribution in [1.29, 1.82) is 0 Å². The van der Waals surface area contributed by atoms with E-state index in [9.17, 15) is 19.8 Å². The van der Waals surface area contributed by atoms with E-state index >= 15 is 0 Å². The molecule has 2 atom stereocenters. The van der Waals surface area contributed by atoms with Gasteiger partial charge >= 0.3 is 5.97 Å². The van der Waals surface area contributed by atoms with Crippen LogP contribution < -0.4 is 5.32 Å². The molecule has 0 aromatic heterocycles. The molecule has 416 valence electrons. The van der Waals surface area contributed by atoms with Gasteiger partial charge in [-0.05, 0) is 51.4 Å². The second kappa shape index (κ2) is 60.2. The maximum atomic E-state index is 12.5. The van der Waals surface area contributed by atoms with Crippen LogP contribution in [-0.2, 0) is 14.3 Å². The summed E-state index contributed by atoms with van der Waals surface area (Å²) >= 11 is 0. The first kappa shape index (κ1) is 68.6. The summed E-state index contributed by atoms with van der Waals surface area (Å²) < 4.78 is 5.50. The van der Waals surface area contributed by atoms with Gasteiger partial charge in [0.05, 0.1) is 25.4 Å². The van der Waals surface area contributed by atoms with Crippen LogP contribution >= 0.6 is 0 Å². The normalized spacial score (nSPS) is 12.6. The average molecular weight is 989 g/mol. The predicted molar refractivity (Wildman–Crippen MR) is 306 cm³/mol. The highest BCUT2D eigenvalue weighted by Gasteiger charge is 2.20. The number of amides is 1. The lowest BCUT2D eigenvalue weighted by atomic mass is 10.0. The van der Waals surface area contributed by atoms with Crippen molar-refractivity contribution in [3.8, 4) is 0 Å². The van der Waals surface area contributed by atoms with Crippen molar-refractivity contribution in [3.05, 3.63) is 12.2 Å². The Morgan fingerprint density at radius 3 is 1.01 bits per heavy atom. The van der Waals surface area contributed by atoms with Crippen molar-refractivity contribution in [2.45, 2.75) is 373 Å². The van der Waals surface area contributed by atoms with Gasteiger partial charge in [0, 0.05) is 12.8 Å². The molecule has 0 spiro atoms. The van der Waals surface area contributed by atoms with E-state index < -0.39 is 12.1 Å². The number of ether oxygens (including phenoxy) is 1. The second-order valence-electron chi connectivity index (χ2n) is 22.1. The molecule has 0 heterocycles. The molecule has 0 bridgehead atoms. The largest absolute Gasteiger partial charge is 0.466 e. The third-order valence-corrected chi connectivity index (χ3v) is 15.1. The minimum atomic E-state index is -0.666. The van der Waals surface area contributed by atoms with Crippen LogP contribution in [0.3, 0.4) is 0 Å². The van der Waals surface area contributed by atoms with Crippen molar-refractivity contribution < 1.29 is 24.5 Å². The second-order valence-corrected chi connectivity index (χ2v) is 22.1. The Kier molecular flexibility index (Phi) is 59.0. The number of allylic oxidation sites excluding steroid dienone is 2. The fraction of sp³-hybridized carbons (Fsp3) is 0.938. The Hall–Kier alpha value is -1.40. The molecule has 0 radical (unpaired) electrons. The molecule has 0 aliphatic heterocycles. The fourth-order valence-electron chi connectivity index (χ4n) is 10.2. The lowest BCUT2D eigenvalue weighted by Gasteiger charge is -2.22. The number of aliphatic hydroxyl groups is 2. The Balaban J connectivity index is 3.38. The van der Waals surface area contributed by atoms with Gasteiger partial charge in [-0.1, -0.05) is 309 Å². The molecule has 70 heavy (non-hydrogen) atoms. The van der Waals surface area contributed by atoms with Crippen LogP contribution in [0, 0.1) is 0 Å². The van der Waals surface area contributed by atoms with Gasteiger partial charge in [0.15, 0.2) is 0 Å². The molecule has 6 heteroatoms. The van der Waals surface area contributed by atoms with Crippen LogP contribution in [-0.4, -0.2) is 47.4 Å². The number of aliphatic hydroxyl groups excluding tert-OH is 2. The van der Waals surface area contributed by atoms with Crippen LogP contribution in [0.5, 0.6) is 0 Å². The number of hydrogen-bond acceptors (Lipinski definition) is 5. The van der Waals surface area contributed by atoms with E-state index in [2.05, 4.69) is 31.3 Å². The summed E-state index contributed by atoms with van der Waals surface area (Å²) in [4.78, 5) is 24.6. The molecule has 0 aromatic rings. The predicted octanol–water partition coefficient (Wildman–Crippen LogP) is 20.0. The molecular formula is C64H125NO5. The molecule has 0 aliphatic carbocycles. The van der Waals surface area contributed by atoms with E-state index in [1.165, 1.54) is 283 Å². The van der Waals surface area contributed by atoms with Crippen molar-refractivity contribution in [2.24, 2.45) is 0 Å². The smallest absolute Gasteiger partial charge is 0.305 e. The zero-order chi connectivity index (χ0) is 50.7. The quantitative estimate of drug-likeness (QED) is 0.0321. The Morgan fingerprint density at radius 2 is 0.671 bits per heavy atom. The van der Waals surface area contributed by atoms with Gasteiger partial charge in [0.1, 0.15) is 0 Å². The van der Waals surface area contributed by atoms with Gasteiger partial charge < -0.3 is 20.3 Å². The highest BCUT2D eigenvalue weighted by molar-refractivity contribution is 5.76. The standard InChI is InChI=1S/C64H125NO5/c1-3-5-7-9-11-13-15-17-19-21-22-26-30-34-38-42-46-50-54-58-64(69)70-59-55-51-47-43-39-35-31-27-24-23-25-29-33-37-41-45-49-53-57-63(68)65-61(60-66)62(67)56-52-48-44-40-36-32-28-20-18-16-14-12-10-8-6-4-2/h17,19,61-62,66-67H,3-16,18,20-60H2,1-2H3,(H,65,68)/b19-17-. The summed E-state index contributed by atoms with van der Waals surface area (Å²) in [5, 5.41) is 23.3. The summed E-state index contributed by atoms with van der Waals surface area (Å²) in [6.45, 7) is 4.97. The maximum Gasteiger partial charge on any atom is 0.305 e. The molecular weight excluding hydrogens is 863 g/mol. The third kappa shape index (κ3) is 55.9. The van der Waals surface area contributed by atoms with Gasteiger partial charge in [0.2, 0.25) is 5.91 Å². The van der Waals surface area contributed by atoms with Crippen LogP contribution in [0.4, 0.5) is 0 Å². The molecule has 0 fully saturated rings. The van der Waals surface area contributed by atoms with Gasteiger partial charge in [-0.25, -0.2) is 0 Å². The number of carbonyl (C=O) groups is 2. The number of unbranched alkanes of at least 4 members (excludes halogenated alkanes) is 47. The lowest BCUT2D eigenvalue weighted by Crippen LogP contribution is -2.45. The average Bonchev–Trinajstić information content (AvgIpc) is 3.36. The molecule has 0 rings (SSSR count). The number of esters is 1. The molecule has 1 amide bonds. The molecule has 6 nitrogen and oxygen atoms in total. The zero-order valence-electron chi connectivity index (χ0n) is 47.5. The molecule has 2 unspecified atom stereocenters. The first-order valence-electron chi connectivity index (χ1n) is 31.9. The van der Waals surface area contributed by atoms with Crippen LogP contribution in [0.15, 0.2) is 12.2 Å². The Bertz CT molecular complexity index is 1050. The van der Waals surface area contributed by atoms with Gasteiger partial charge in [-0.3, -0.25) is 9.59 Å². The van der Waals surface area contributed by atoms with E-state index in [1.54, 1.807) is 0 Å². The van der Waals surface area contributed by atoms with E-state index in [0.29, 0.717) is 25.9 Å². The summed E-state index contributed by atoms with van der Waals surface area (Å²) in [6.07, 6.45) is 72.2. The number of hydrogen-bond donors (Lipinski definition) is 3. The SMILES string of the molecule is CCCCCCCC/C=C\CCCCCCCCCCCC(=O)OCCCCCCCCCCCCCCCCCCCCC(=O)NC(CO)C(O)CCCCCCCCCCCCCCCCCC. The minimum absolute atomic E-state index is 0.00792. The highest BCUT2D eigenvalue weighted by Crippen LogP contribution is 2.18. The van der Waals surface area contributed by atoms with Gasteiger partial charge in [-0.15, -0.1) is 0 Å². The van der Waals surface area contributed by atoms with Crippen LogP contribution in [0.25, 0.3) is 0 Å². The van der Waals surface area contributed by atoms with Gasteiger partial charge in [-0.2, -0.15) is 0 Å². The third-order valence-electron chi connectivity index (χ3n) is 15.1. The van der Waals surface area contributed by atoms with Crippen molar-refractivity contribution in [2.75, 3.05) is 13.2 Å². The molecule has 0 saturated heterocycles. The van der Waals surface area contributed by atoms with E-state index in [4.69, 9.17) is 4.74 Å². The van der Waals surface area contributed by atoms with Crippen molar-refractivity contribution in [3.63, 3.8) is 0 Å². The topological polar surface area (TPSA) is 95.9 Å². The van der Waals surface area contributed by atoms with E-state index in [-0.39, 0.29) is 18.5 Å². The lowest BCUT2D eigenvalue weighted by molar-refractivity contribution is -0.143. The van der Waals surface area contributed by atoms with E-state index in [1.807, 2.05) is 0 Å². The molecule has 0 saturated carbocycles. The summed E-state index contributed by atoms with van der Waals surface area (Å²) in [5.41, 5.74) is 0. The number of nitrogens with one attached hydrogen (secondary N) is 1.